The summed E-state index contributed by atoms with van der Waals surface area (Å²) >= 11 is 0. The Hall–Kier alpha value is -3.31. The summed E-state index contributed by atoms with van der Waals surface area (Å²) in [7, 11) is -3.70. The highest BCUT2D eigenvalue weighted by Gasteiger charge is 2.18. The highest BCUT2D eigenvalue weighted by molar-refractivity contribution is 7.89. The van der Waals surface area contributed by atoms with Crippen molar-refractivity contribution in [1.29, 1.82) is 0 Å². The number of hydrogen-bond donors (Lipinski definition) is 2. The number of nitro benzene ring substituents is 1. The normalized spacial score (nSPS) is 12.1. The van der Waals surface area contributed by atoms with Crippen LogP contribution < -0.4 is 10.0 Å². The van der Waals surface area contributed by atoms with Crippen molar-refractivity contribution in [2.24, 2.45) is 0 Å². The predicted molar refractivity (Wildman–Crippen MR) is 113 cm³/mol. The highest BCUT2D eigenvalue weighted by Crippen LogP contribution is 2.22. The van der Waals surface area contributed by atoms with Crippen molar-refractivity contribution in [3.8, 4) is 0 Å². The molecule has 0 bridgehead atoms. The van der Waals surface area contributed by atoms with E-state index in [9.17, 15) is 28.1 Å². The molecule has 0 aliphatic carbocycles. The average molecular weight is 449 g/mol. The maximum absolute atomic E-state index is 12.2. The fourth-order valence-corrected chi connectivity index (χ4v) is 3.81. The molecule has 1 atom stereocenters. The Morgan fingerprint density at radius 3 is 2.39 bits per heavy atom. The van der Waals surface area contributed by atoms with Gasteiger partial charge in [0.15, 0.2) is 6.61 Å². The van der Waals surface area contributed by atoms with Gasteiger partial charge >= 0.3 is 5.97 Å². The molecule has 0 saturated heterocycles. The second kappa shape index (κ2) is 10.1. The average Bonchev–Trinajstić information content (AvgIpc) is 2.72. The minimum Gasteiger partial charge on any atom is -0.452 e. The van der Waals surface area contributed by atoms with E-state index < -0.39 is 33.4 Å². The van der Waals surface area contributed by atoms with Crippen molar-refractivity contribution in [1.82, 2.24) is 4.72 Å². The van der Waals surface area contributed by atoms with Crippen LogP contribution in [-0.4, -0.2) is 37.9 Å². The molecule has 2 aromatic rings. The number of ether oxygens (including phenoxy) is 1. The van der Waals surface area contributed by atoms with Crippen molar-refractivity contribution < 1.29 is 27.7 Å². The zero-order valence-corrected chi connectivity index (χ0v) is 18.1. The third-order valence-corrected chi connectivity index (χ3v) is 6.00. The third-order valence-electron chi connectivity index (χ3n) is 4.39. The lowest BCUT2D eigenvalue weighted by molar-refractivity contribution is -0.385. The summed E-state index contributed by atoms with van der Waals surface area (Å²) in [5.41, 5.74) is 0.565. The van der Waals surface area contributed by atoms with Crippen LogP contribution in [0.25, 0.3) is 0 Å². The van der Waals surface area contributed by atoms with E-state index in [-0.39, 0.29) is 27.9 Å². The molecule has 0 aromatic heterocycles. The van der Waals surface area contributed by atoms with Gasteiger partial charge in [-0.2, -0.15) is 0 Å². The molecule has 2 aromatic carbocycles. The standard InChI is InChI=1S/C20H23N3O7S/c1-4-14(3)22-31(28,29)17-9-6-15(7-10-17)20(25)30-12-19(24)21-16-8-5-13(2)18(11-16)23(26)27/h5-11,14,22H,4,12H2,1-3H3,(H,21,24). The summed E-state index contributed by atoms with van der Waals surface area (Å²) in [6, 6.07) is 9.08. The lowest BCUT2D eigenvalue weighted by atomic mass is 10.2. The number of sulfonamides is 1. The zero-order valence-electron chi connectivity index (χ0n) is 17.2. The highest BCUT2D eigenvalue weighted by atomic mass is 32.2. The fourth-order valence-electron chi connectivity index (χ4n) is 2.48. The lowest BCUT2D eigenvalue weighted by Gasteiger charge is -2.12. The summed E-state index contributed by atoms with van der Waals surface area (Å²) < 4.78 is 31.9. The molecule has 2 rings (SSSR count). The number of nitrogens with zero attached hydrogens (tertiary/aromatic N) is 1. The number of carbonyl (C=O) groups is 2. The van der Waals surface area contributed by atoms with Crippen LogP contribution in [0, 0.1) is 17.0 Å². The summed E-state index contributed by atoms with van der Waals surface area (Å²) in [5, 5.41) is 13.4. The molecule has 0 spiro atoms. The van der Waals surface area contributed by atoms with Gasteiger partial charge < -0.3 is 10.1 Å². The first-order chi connectivity index (χ1) is 14.5. The molecule has 0 radical (unpaired) electrons. The van der Waals surface area contributed by atoms with E-state index in [1.165, 1.54) is 42.5 Å². The Kier molecular flexibility index (Phi) is 7.83. The van der Waals surface area contributed by atoms with E-state index in [4.69, 9.17) is 4.74 Å². The summed E-state index contributed by atoms with van der Waals surface area (Å²) in [4.78, 5) is 34.5. The van der Waals surface area contributed by atoms with Crippen LogP contribution in [0.3, 0.4) is 0 Å². The number of nitro groups is 1. The van der Waals surface area contributed by atoms with Gasteiger partial charge in [0.05, 0.1) is 15.4 Å². The second-order valence-corrected chi connectivity index (χ2v) is 8.55. The van der Waals surface area contributed by atoms with E-state index in [0.717, 1.165) is 0 Å². The van der Waals surface area contributed by atoms with Crippen LogP contribution in [0.2, 0.25) is 0 Å². The van der Waals surface area contributed by atoms with Crippen LogP contribution >= 0.6 is 0 Å². The predicted octanol–water partition coefficient (Wildman–Crippen LogP) is 2.78. The number of nitrogens with one attached hydrogen (secondary N) is 2. The first-order valence-corrected chi connectivity index (χ1v) is 10.9. The monoisotopic (exact) mass is 449 g/mol. The largest absolute Gasteiger partial charge is 0.452 e. The Bertz CT molecular complexity index is 1080. The summed E-state index contributed by atoms with van der Waals surface area (Å²) in [6.07, 6.45) is 0.627. The Morgan fingerprint density at radius 2 is 1.81 bits per heavy atom. The van der Waals surface area contributed by atoms with Gasteiger partial charge in [-0.25, -0.2) is 17.9 Å². The van der Waals surface area contributed by atoms with Crippen molar-refractivity contribution in [3.05, 3.63) is 63.7 Å². The van der Waals surface area contributed by atoms with Crippen LogP contribution in [0.5, 0.6) is 0 Å². The molecule has 0 aliphatic heterocycles. The quantitative estimate of drug-likeness (QED) is 0.340. The Labute approximate surface area is 179 Å². The Morgan fingerprint density at radius 1 is 1.16 bits per heavy atom. The van der Waals surface area contributed by atoms with E-state index >= 15 is 0 Å². The minimum absolute atomic E-state index is 0.00283. The van der Waals surface area contributed by atoms with E-state index in [1.807, 2.05) is 6.92 Å². The van der Waals surface area contributed by atoms with Gasteiger partial charge in [-0.05, 0) is 50.6 Å². The minimum atomic E-state index is -3.70. The number of carbonyl (C=O) groups excluding carboxylic acids is 2. The van der Waals surface area contributed by atoms with Crippen molar-refractivity contribution in [2.45, 2.75) is 38.1 Å². The van der Waals surface area contributed by atoms with Crippen molar-refractivity contribution in [2.75, 3.05) is 11.9 Å². The lowest BCUT2D eigenvalue weighted by Crippen LogP contribution is -2.32. The van der Waals surface area contributed by atoms with Gasteiger partial charge in [-0.3, -0.25) is 14.9 Å². The second-order valence-electron chi connectivity index (χ2n) is 6.84. The molecule has 166 valence electrons. The molecule has 0 saturated carbocycles. The molecule has 10 nitrogen and oxygen atoms in total. The number of aryl methyl sites for hydroxylation is 1. The van der Waals surface area contributed by atoms with Gasteiger partial charge in [-0.1, -0.05) is 13.0 Å². The van der Waals surface area contributed by atoms with Crippen LogP contribution in [0.4, 0.5) is 11.4 Å². The van der Waals surface area contributed by atoms with Gasteiger partial charge in [-0.15, -0.1) is 0 Å². The number of hydrogen-bond acceptors (Lipinski definition) is 7. The maximum atomic E-state index is 12.2. The first kappa shape index (κ1) is 24.0. The number of amides is 1. The van der Waals surface area contributed by atoms with Crippen molar-refractivity contribution >= 4 is 33.3 Å². The first-order valence-electron chi connectivity index (χ1n) is 9.38. The smallest absolute Gasteiger partial charge is 0.338 e. The molecular formula is C20H23N3O7S. The maximum Gasteiger partial charge on any atom is 0.338 e. The molecule has 1 unspecified atom stereocenters. The molecule has 1 amide bonds. The van der Waals surface area contributed by atoms with Crippen LogP contribution in [0.15, 0.2) is 47.4 Å². The molecule has 2 N–H and O–H groups in total. The van der Waals surface area contributed by atoms with Gasteiger partial charge in [0.25, 0.3) is 11.6 Å². The van der Waals surface area contributed by atoms with E-state index in [0.29, 0.717) is 12.0 Å². The van der Waals surface area contributed by atoms with Gasteiger partial charge in [0.2, 0.25) is 10.0 Å². The number of anilines is 1. The SMILES string of the molecule is CCC(C)NS(=O)(=O)c1ccc(C(=O)OCC(=O)Nc2ccc(C)c([N+](=O)[O-])c2)cc1. The molecule has 31 heavy (non-hydrogen) atoms. The fraction of sp³-hybridized carbons (Fsp3) is 0.300. The topological polar surface area (TPSA) is 145 Å². The van der Waals surface area contributed by atoms with Crippen molar-refractivity contribution in [3.63, 3.8) is 0 Å². The third kappa shape index (κ3) is 6.59. The molecule has 0 fully saturated rings. The van der Waals surface area contributed by atoms with Gasteiger partial charge in [0.1, 0.15) is 0 Å². The molecule has 11 heteroatoms. The van der Waals surface area contributed by atoms with Crippen LogP contribution in [0.1, 0.15) is 36.2 Å². The van der Waals surface area contributed by atoms with E-state index in [2.05, 4.69) is 10.0 Å². The molecular weight excluding hydrogens is 426 g/mol. The zero-order chi connectivity index (χ0) is 23.2. The number of benzene rings is 2. The van der Waals surface area contributed by atoms with E-state index in [1.54, 1.807) is 13.8 Å². The van der Waals surface area contributed by atoms with Gasteiger partial charge in [0, 0.05) is 23.4 Å². The number of esters is 1. The Balaban J connectivity index is 1.96. The molecule has 0 heterocycles. The number of rotatable bonds is 9. The summed E-state index contributed by atoms with van der Waals surface area (Å²) in [5.74, 6) is -1.49. The molecule has 0 aliphatic rings. The van der Waals surface area contributed by atoms with Crippen LogP contribution in [-0.2, 0) is 19.6 Å². The summed E-state index contributed by atoms with van der Waals surface area (Å²) in [6.45, 7) is 4.55.